The number of benzene rings is 2. The summed E-state index contributed by atoms with van der Waals surface area (Å²) < 4.78 is 0. The molecule has 0 aliphatic heterocycles. The molecule has 0 spiro atoms. The van der Waals surface area contributed by atoms with E-state index in [4.69, 9.17) is 10.5 Å². The van der Waals surface area contributed by atoms with Crippen molar-refractivity contribution in [1.82, 2.24) is 0 Å². The molecule has 0 atom stereocenters. The summed E-state index contributed by atoms with van der Waals surface area (Å²) in [7, 11) is 0. The van der Waals surface area contributed by atoms with Crippen molar-refractivity contribution in [3.05, 3.63) is 59.2 Å². The minimum atomic E-state index is 0.557. The molecule has 2 aromatic carbocycles. The van der Waals surface area contributed by atoms with Gasteiger partial charge in [0.25, 0.3) is 0 Å². The lowest BCUT2D eigenvalue weighted by atomic mass is 10.1. The SMILES string of the molecule is Cc1ccc(Nc2ccccc2C#N)c(C#N)c1. The second-order valence-electron chi connectivity index (χ2n) is 3.94. The Morgan fingerprint density at radius 1 is 0.889 bits per heavy atom. The van der Waals surface area contributed by atoms with Crippen molar-refractivity contribution in [3.8, 4) is 12.1 Å². The monoisotopic (exact) mass is 233 g/mol. The van der Waals surface area contributed by atoms with Crippen molar-refractivity contribution in [2.24, 2.45) is 0 Å². The number of rotatable bonds is 2. The molecule has 0 unspecified atom stereocenters. The Bertz CT molecular complexity index is 660. The highest BCUT2D eigenvalue weighted by atomic mass is 14.9. The number of aryl methyl sites for hydroxylation is 1. The summed E-state index contributed by atoms with van der Waals surface area (Å²) in [5.41, 5.74) is 3.58. The fourth-order valence-corrected chi connectivity index (χ4v) is 1.69. The van der Waals surface area contributed by atoms with E-state index in [-0.39, 0.29) is 0 Å². The van der Waals surface area contributed by atoms with Gasteiger partial charge in [-0.25, -0.2) is 0 Å². The lowest BCUT2D eigenvalue weighted by molar-refractivity contribution is 1.40. The number of anilines is 2. The van der Waals surface area contributed by atoms with Gasteiger partial charge in [-0.2, -0.15) is 10.5 Å². The molecule has 0 aromatic heterocycles. The molecule has 3 heteroatoms. The molecule has 2 aromatic rings. The molecule has 2 rings (SSSR count). The highest BCUT2D eigenvalue weighted by molar-refractivity contribution is 5.70. The van der Waals surface area contributed by atoms with Gasteiger partial charge in [0.05, 0.1) is 22.5 Å². The minimum Gasteiger partial charge on any atom is -0.353 e. The van der Waals surface area contributed by atoms with Crippen molar-refractivity contribution in [2.45, 2.75) is 6.92 Å². The van der Waals surface area contributed by atoms with Crippen LogP contribution in [0.1, 0.15) is 16.7 Å². The van der Waals surface area contributed by atoms with E-state index in [9.17, 15) is 0 Å². The second kappa shape index (κ2) is 5.03. The number of nitriles is 2. The summed E-state index contributed by atoms with van der Waals surface area (Å²) in [6.45, 7) is 1.94. The standard InChI is InChI=1S/C15H11N3/c1-11-6-7-15(13(8-11)10-17)18-14-5-3-2-4-12(14)9-16/h2-8,18H,1H3. The van der Waals surface area contributed by atoms with E-state index in [1.54, 1.807) is 6.07 Å². The largest absolute Gasteiger partial charge is 0.353 e. The maximum atomic E-state index is 9.09. The van der Waals surface area contributed by atoms with Crippen LogP contribution >= 0.6 is 0 Å². The minimum absolute atomic E-state index is 0.557. The van der Waals surface area contributed by atoms with Gasteiger partial charge in [0.15, 0.2) is 0 Å². The number of para-hydroxylation sites is 1. The van der Waals surface area contributed by atoms with Gasteiger partial charge in [-0.3, -0.25) is 0 Å². The first-order chi connectivity index (χ1) is 8.74. The smallest absolute Gasteiger partial charge is 0.101 e. The molecular weight excluding hydrogens is 222 g/mol. The molecule has 1 N–H and O–H groups in total. The van der Waals surface area contributed by atoms with E-state index in [0.717, 1.165) is 5.56 Å². The molecule has 0 saturated heterocycles. The number of hydrogen-bond acceptors (Lipinski definition) is 3. The summed E-state index contributed by atoms with van der Waals surface area (Å²) in [5, 5.41) is 21.2. The molecular formula is C15H11N3. The molecule has 0 amide bonds. The van der Waals surface area contributed by atoms with Crippen LogP contribution in [0.5, 0.6) is 0 Å². The molecule has 0 bridgehead atoms. The van der Waals surface area contributed by atoms with Crippen molar-refractivity contribution in [2.75, 3.05) is 5.32 Å². The average Bonchev–Trinajstić information content (AvgIpc) is 2.41. The average molecular weight is 233 g/mol. The fourth-order valence-electron chi connectivity index (χ4n) is 1.69. The number of hydrogen-bond donors (Lipinski definition) is 1. The van der Waals surface area contributed by atoms with Crippen LogP contribution in [0, 0.1) is 29.6 Å². The summed E-state index contributed by atoms with van der Waals surface area (Å²) in [6, 6.07) is 17.1. The van der Waals surface area contributed by atoms with Crippen LogP contribution in [0.25, 0.3) is 0 Å². The Hall–Kier alpha value is -2.78. The van der Waals surface area contributed by atoms with E-state index in [2.05, 4.69) is 17.5 Å². The first kappa shape index (κ1) is 11.7. The summed E-state index contributed by atoms with van der Waals surface area (Å²) in [4.78, 5) is 0. The third-order valence-corrected chi connectivity index (χ3v) is 2.61. The Morgan fingerprint density at radius 3 is 2.28 bits per heavy atom. The summed E-state index contributed by atoms with van der Waals surface area (Å²) >= 11 is 0. The van der Waals surface area contributed by atoms with E-state index in [1.807, 2.05) is 43.3 Å². The van der Waals surface area contributed by atoms with Gasteiger partial charge in [-0.15, -0.1) is 0 Å². The molecule has 18 heavy (non-hydrogen) atoms. The lowest BCUT2D eigenvalue weighted by Gasteiger charge is -2.10. The Morgan fingerprint density at radius 2 is 1.56 bits per heavy atom. The van der Waals surface area contributed by atoms with Crippen LogP contribution in [-0.4, -0.2) is 0 Å². The molecule has 0 fully saturated rings. The van der Waals surface area contributed by atoms with Gasteiger partial charge in [0.2, 0.25) is 0 Å². The zero-order valence-corrected chi connectivity index (χ0v) is 9.94. The molecule has 0 saturated carbocycles. The molecule has 0 radical (unpaired) electrons. The quantitative estimate of drug-likeness (QED) is 0.863. The van der Waals surface area contributed by atoms with Crippen molar-refractivity contribution < 1.29 is 0 Å². The van der Waals surface area contributed by atoms with Gasteiger partial charge < -0.3 is 5.32 Å². The highest BCUT2D eigenvalue weighted by Crippen LogP contribution is 2.23. The van der Waals surface area contributed by atoms with E-state index < -0.39 is 0 Å². The topological polar surface area (TPSA) is 59.6 Å². The third kappa shape index (κ3) is 2.31. The van der Waals surface area contributed by atoms with E-state index in [1.165, 1.54) is 0 Å². The highest BCUT2D eigenvalue weighted by Gasteiger charge is 2.05. The van der Waals surface area contributed by atoms with Crippen LogP contribution in [0.4, 0.5) is 11.4 Å². The van der Waals surface area contributed by atoms with Crippen LogP contribution in [0.3, 0.4) is 0 Å². The Kier molecular flexibility index (Phi) is 3.27. The summed E-state index contributed by atoms with van der Waals surface area (Å²) in [5.74, 6) is 0. The zero-order chi connectivity index (χ0) is 13.0. The number of nitrogens with zero attached hydrogens (tertiary/aromatic N) is 2. The number of nitrogens with one attached hydrogen (secondary N) is 1. The predicted molar refractivity (Wildman–Crippen MR) is 70.3 cm³/mol. The van der Waals surface area contributed by atoms with E-state index >= 15 is 0 Å². The van der Waals surface area contributed by atoms with Gasteiger partial charge >= 0.3 is 0 Å². The first-order valence-electron chi connectivity index (χ1n) is 5.51. The van der Waals surface area contributed by atoms with Gasteiger partial charge in [0.1, 0.15) is 12.1 Å². The second-order valence-corrected chi connectivity index (χ2v) is 3.94. The van der Waals surface area contributed by atoms with Gasteiger partial charge in [-0.1, -0.05) is 18.2 Å². The van der Waals surface area contributed by atoms with Crippen LogP contribution in [0.2, 0.25) is 0 Å². The third-order valence-electron chi connectivity index (χ3n) is 2.61. The zero-order valence-electron chi connectivity index (χ0n) is 9.94. The Labute approximate surface area is 106 Å². The maximum absolute atomic E-state index is 9.09. The van der Waals surface area contributed by atoms with Gasteiger partial charge in [-0.05, 0) is 36.8 Å². The Balaban J connectivity index is 2.41. The predicted octanol–water partition coefficient (Wildman–Crippen LogP) is 3.48. The molecule has 0 aliphatic carbocycles. The normalized spacial score (nSPS) is 9.28. The lowest BCUT2D eigenvalue weighted by Crippen LogP contribution is -1.96. The molecule has 3 nitrogen and oxygen atoms in total. The van der Waals surface area contributed by atoms with Crippen LogP contribution in [0.15, 0.2) is 42.5 Å². The van der Waals surface area contributed by atoms with Gasteiger partial charge in [0, 0.05) is 0 Å². The fraction of sp³-hybridized carbons (Fsp3) is 0.0667. The van der Waals surface area contributed by atoms with Crippen LogP contribution in [-0.2, 0) is 0 Å². The molecule has 0 aliphatic rings. The molecule has 86 valence electrons. The molecule has 0 heterocycles. The van der Waals surface area contributed by atoms with Crippen LogP contribution < -0.4 is 5.32 Å². The first-order valence-corrected chi connectivity index (χ1v) is 5.51. The van der Waals surface area contributed by atoms with Crippen molar-refractivity contribution >= 4 is 11.4 Å². The maximum Gasteiger partial charge on any atom is 0.101 e. The van der Waals surface area contributed by atoms with Crippen molar-refractivity contribution in [3.63, 3.8) is 0 Å². The van der Waals surface area contributed by atoms with Crippen molar-refractivity contribution in [1.29, 1.82) is 10.5 Å². The van der Waals surface area contributed by atoms with E-state index in [0.29, 0.717) is 22.5 Å². The summed E-state index contributed by atoms with van der Waals surface area (Å²) in [6.07, 6.45) is 0.